The van der Waals surface area contributed by atoms with E-state index in [0.29, 0.717) is 10.7 Å². The quantitative estimate of drug-likeness (QED) is 0.376. The highest BCUT2D eigenvalue weighted by Gasteiger charge is 2.17. The van der Waals surface area contributed by atoms with Crippen LogP contribution in [0.15, 0.2) is 42.5 Å². The monoisotopic (exact) mass is 354 g/mol. The molecule has 4 aromatic rings. The molecule has 0 fully saturated rings. The third-order valence-corrected chi connectivity index (χ3v) is 5.38. The lowest BCUT2D eigenvalue weighted by Gasteiger charge is -2.14. The summed E-state index contributed by atoms with van der Waals surface area (Å²) in [7, 11) is 0. The first-order valence-electron chi connectivity index (χ1n) is 7.73. The number of nitrogens with two attached hydrogens (primary N) is 1. The van der Waals surface area contributed by atoms with Gasteiger partial charge in [0.1, 0.15) is 0 Å². The lowest BCUT2D eigenvalue weighted by Crippen LogP contribution is -1.95. The third kappa shape index (κ3) is 2.10. The second kappa shape index (κ2) is 5.44. The fraction of sp³-hybridized carbons (Fsp3) is 0.100. The normalized spacial score (nSPS) is 11.5. The molecule has 24 heavy (non-hydrogen) atoms. The van der Waals surface area contributed by atoms with Crippen molar-refractivity contribution in [3.05, 3.63) is 63.6 Å². The van der Waals surface area contributed by atoms with Crippen molar-refractivity contribution in [1.29, 1.82) is 0 Å². The average molecular weight is 355 g/mol. The summed E-state index contributed by atoms with van der Waals surface area (Å²) in [6.07, 6.45) is 0. The van der Waals surface area contributed by atoms with Gasteiger partial charge in [0.25, 0.3) is 0 Å². The first-order chi connectivity index (χ1) is 11.5. The molecule has 0 radical (unpaired) electrons. The first kappa shape index (κ1) is 15.4. The molecule has 4 heteroatoms. The van der Waals surface area contributed by atoms with Gasteiger partial charge < -0.3 is 10.7 Å². The Morgan fingerprint density at radius 1 is 0.833 bits per heavy atom. The van der Waals surface area contributed by atoms with E-state index < -0.39 is 0 Å². The van der Waals surface area contributed by atoms with Crippen molar-refractivity contribution in [3.8, 4) is 11.1 Å². The van der Waals surface area contributed by atoms with Gasteiger partial charge in [-0.2, -0.15) is 0 Å². The summed E-state index contributed by atoms with van der Waals surface area (Å²) >= 11 is 12.9. The molecule has 0 aliphatic rings. The van der Waals surface area contributed by atoms with Crippen LogP contribution < -0.4 is 5.73 Å². The van der Waals surface area contributed by atoms with Crippen LogP contribution in [0.25, 0.3) is 32.9 Å². The second-order valence-electron chi connectivity index (χ2n) is 6.09. The van der Waals surface area contributed by atoms with Gasteiger partial charge in [0.05, 0.1) is 10.0 Å². The number of fused-ring (bicyclic) bond motifs is 3. The fourth-order valence-electron chi connectivity index (χ4n) is 3.45. The number of aromatic amines is 1. The molecule has 4 rings (SSSR count). The molecule has 3 aromatic carbocycles. The Balaban J connectivity index is 2.16. The van der Waals surface area contributed by atoms with E-state index >= 15 is 0 Å². The van der Waals surface area contributed by atoms with Gasteiger partial charge in [0.15, 0.2) is 0 Å². The Morgan fingerprint density at radius 2 is 1.54 bits per heavy atom. The van der Waals surface area contributed by atoms with Crippen LogP contribution in [-0.4, -0.2) is 4.98 Å². The predicted molar refractivity (Wildman–Crippen MR) is 105 cm³/mol. The third-order valence-electron chi connectivity index (χ3n) is 4.75. The minimum atomic E-state index is 0.658. The van der Waals surface area contributed by atoms with Gasteiger partial charge in [-0.1, -0.05) is 35.3 Å². The molecule has 120 valence electrons. The van der Waals surface area contributed by atoms with Crippen molar-refractivity contribution in [1.82, 2.24) is 4.98 Å². The number of hydrogen-bond donors (Lipinski definition) is 2. The maximum absolute atomic E-state index is 6.45. The zero-order chi connectivity index (χ0) is 17.0. The van der Waals surface area contributed by atoms with E-state index in [1.807, 2.05) is 36.4 Å². The van der Waals surface area contributed by atoms with Crippen LogP contribution in [0.4, 0.5) is 5.69 Å². The summed E-state index contributed by atoms with van der Waals surface area (Å²) in [5, 5.41) is 3.63. The average Bonchev–Trinajstić information content (AvgIpc) is 2.91. The van der Waals surface area contributed by atoms with E-state index in [1.165, 1.54) is 5.56 Å². The minimum absolute atomic E-state index is 0.658. The van der Waals surface area contributed by atoms with Crippen LogP contribution in [0, 0.1) is 13.8 Å². The highest BCUT2D eigenvalue weighted by atomic mass is 35.5. The number of anilines is 1. The highest BCUT2D eigenvalue weighted by molar-refractivity contribution is 6.38. The summed E-state index contributed by atoms with van der Waals surface area (Å²) < 4.78 is 0. The predicted octanol–water partition coefficient (Wildman–Crippen LogP) is 6.49. The Bertz CT molecular complexity index is 1090. The SMILES string of the molecule is Cc1c(-c2c(N)cccc2Cl)cc2[nH]c3cccc(Cl)c3c2c1C. The summed E-state index contributed by atoms with van der Waals surface area (Å²) in [6.45, 7) is 4.22. The van der Waals surface area contributed by atoms with Crippen LogP contribution in [-0.2, 0) is 0 Å². The lowest BCUT2D eigenvalue weighted by atomic mass is 9.92. The molecule has 0 saturated heterocycles. The van der Waals surface area contributed by atoms with Crippen molar-refractivity contribution in [3.63, 3.8) is 0 Å². The summed E-state index contributed by atoms with van der Waals surface area (Å²) in [5.74, 6) is 0. The van der Waals surface area contributed by atoms with Crippen LogP contribution >= 0.6 is 23.2 Å². The molecule has 1 aromatic heterocycles. The summed E-state index contributed by atoms with van der Waals surface area (Å²) in [4.78, 5) is 3.47. The van der Waals surface area contributed by atoms with E-state index in [1.54, 1.807) is 0 Å². The number of halogens is 2. The first-order valence-corrected chi connectivity index (χ1v) is 8.49. The van der Waals surface area contributed by atoms with Gasteiger partial charge in [0, 0.05) is 33.1 Å². The fourth-order valence-corrected chi connectivity index (χ4v) is 4.00. The number of aromatic nitrogens is 1. The van der Waals surface area contributed by atoms with E-state index in [-0.39, 0.29) is 0 Å². The van der Waals surface area contributed by atoms with Gasteiger partial charge in [-0.3, -0.25) is 0 Å². The van der Waals surface area contributed by atoms with Gasteiger partial charge >= 0.3 is 0 Å². The van der Waals surface area contributed by atoms with Gasteiger partial charge in [-0.25, -0.2) is 0 Å². The molecule has 0 saturated carbocycles. The van der Waals surface area contributed by atoms with Crippen molar-refractivity contribution in [2.24, 2.45) is 0 Å². The maximum atomic E-state index is 6.45. The van der Waals surface area contributed by atoms with Crippen LogP contribution in [0.1, 0.15) is 11.1 Å². The summed E-state index contributed by atoms with van der Waals surface area (Å²) in [6, 6.07) is 13.6. The lowest BCUT2D eigenvalue weighted by molar-refractivity contribution is 1.37. The Hall–Kier alpha value is -2.16. The van der Waals surface area contributed by atoms with Crippen molar-refractivity contribution in [2.75, 3.05) is 5.73 Å². The standard InChI is InChI=1S/C20H16Cl2N2/c1-10-11(2)18-17(24-16-8-4-6-14(22)20(16)18)9-12(10)19-13(21)5-3-7-15(19)23/h3-9,24H,23H2,1-2H3. The molecular weight excluding hydrogens is 339 g/mol. The number of rotatable bonds is 1. The minimum Gasteiger partial charge on any atom is -0.398 e. The number of nitrogens with one attached hydrogen (secondary N) is 1. The van der Waals surface area contributed by atoms with E-state index in [0.717, 1.165) is 43.5 Å². The number of nitrogen functional groups attached to an aromatic ring is 1. The van der Waals surface area contributed by atoms with Gasteiger partial charge in [-0.05, 0) is 60.9 Å². The highest BCUT2D eigenvalue weighted by Crippen LogP contribution is 2.41. The van der Waals surface area contributed by atoms with E-state index in [4.69, 9.17) is 28.9 Å². The largest absolute Gasteiger partial charge is 0.398 e. The molecule has 0 amide bonds. The number of hydrogen-bond acceptors (Lipinski definition) is 1. The molecule has 1 heterocycles. The molecule has 3 N–H and O–H groups in total. The van der Waals surface area contributed by atoms with E-state index in [2.05, 4.69) is 24.9 Å². The Labute approximate surface area is 150 Å². The molecular formula is C20H16Cl2N2. The molecule has 0 spiro atoms. The number of aryl methyl sites for hydroxylation is 1. The maximum Gasteiger partial charge on any atom is 0.0506 e. The molecule has 0 aliphatic heterocycles. The smallest absolute Gasteiger partial charge is 0.0506 e. The topological polar surface area (TPSA) is 41.8 Å². The molecule has 0 atom stereocenters. The molecule has 0 bridgehead atoms. The van der Waals surface area contributed by atoms with Crippen molar-refractivity contribution < 1.29 is 0 Å². The second-order valence-corrected chi connectivity index (χ2v) is 6.90. The van der Waals surface area contributed by atoms with Crippen LogP contribution in [0.2, 0.25) is 10.0 Å². The molecule has 0 unspecified atom stereocenters. The molecule has 2 nitrogen and oxygen atoms in total. The van der Waals surface area contributed by atoms with Gasteiger partial charge in [-0.15, -0.1) is 0 Å². The number of H-pyrrole nitrogens is 1. The zero-order valence-corrected chi connectivity index (χ0v) is 14.9. The van der Waals surface area contributed by atoms with E-state index in [9.17, 15) is 0 Å². The van der Waals surface area contributed by atoms with Crippen molar-refractivity contribution >= 4 is 50.7 Å². The zero-order valence-electron chi connectivity index (χ0n) is 13.4. The summed E-state index contributed by atoms with van der Waals surface area (Å²) in [5.41, 5.74) is 13.2. The number of benzene rings is 3. The van der Waals surface area contributed by atoms with Crippen LogP contribution in [0.5, 0.6) is 0 Å². The molecule has 0 aliphatic carbocycles. The van der Waals surface area contributed by atoms with Gasteiger partial charge in [0.2, 0.25) is 0 Å². The van der Waals surface area contributed by atoms with Crippen LogP contribution in [0.3, 0.4) is 0 Å². The van der Waals surface area contributed by atoms with Crippen molar-refractivity contribution in [2.45, 2.75) is 13.8 Å². The Kier molecular flexibility index (Phi) is 3.48. The Morgan fingerprint density at radius 3 is 2.29 bits per heavy atom.